The summed E-state index contributed by atoms with van der Waals surface area (Å²) in [7, 11) is 0. The molecule has 6 heteroatoms. The number of carbonyl (C=O) groups excluding carboxylic acids is 2. The Morgan fingerprint density at radius 1 is 1.28 bits per heavy atom. The first-order valence-corrected chi connectivity index (χ1v) is 10.5. The van der Waals surface area contributed by atoms with Crippen LogP contribution in [0.5, 0.6) is 0 Å². The highest BCUT2D eigenvalue weighted by molar-refractivity contribution is 5.93. The Bertz CT molecular complexity index is 860. The predicted molar refractivity (Wildman–Crippen MR) is 110 cm³/mol. The van der Waals surface area contributed by atoms with E-state index in [9.17, 15) is 9.59 Å². The molecule has 2 heterocycles. The summed E-state index contributed by atoms with van der Waals surface area (Å²) in [5.74, 6) is 0.297. The number of rotatable bonds is 7. The van der Waals surface area contributed by atoms with Crippen LogP contribution in [0.4, 0.5) is 0 Å². The van der Waals surface area contributed by atoms with E-state index in [0.29, 0.717) is 44.0 Å². The van der Waals surface area contributed by atoms with Crippen molar-refractivity contribution in [2.75, 3.05) is 19.7 Å². The molecule has 1 atom stereocenters. The number of hydrogen-bond acceptors (Lipinski definition) is 5. The first-order valence-electron chi connectivity index (χ1n) is 10.5. The normalized spacial score (nSPS) is 19.2. The van der Waals surface area contributed by atoms with Gasteiger partial charge < -0.3 is 14.2 Å². The number of carbonyl (C=O) groups is 2. The minimum absolute atomic E-state index is 0.186. The molecular weight excluding hydrogens is 368 g/mol. The fourth-order valence-electron chi connectivity index (χ4n) is 4.09. The summed E-state index contributed by atoms with van der Waals surface area (Å²) in [6.07, 6.45) is 3.68. The summed E-state index contributed by atoms with van der Waals surface area (Å²) in [5.41, 5.74) is 1.82. The summed E-state index contributed by atoms with van der Waals surface area (Å²) < 4.78 is 10.7. The van der Waals surface area contributed by atoms with Gasteiger partial charge in [0.1, 0.15) is 5.76 Å². The smallest absolute Gasteiger partial charge is 0.314 e. The molecule has 0 spiro atoms. The molecule has 0 bridgehead atoms. The lowest BCUT2D eigenvalue weighted by Crippen LogP contribution is -2.51. The number of amides is 1. The number of nitrogens with zero attached hydrogens (tertiary/aromatic N) is 2. The van der Waals surface area contributed by atoms with Crippen LogP contribution >= 0.6 is 0 Å². The third-order valence-electron chi connectivity index (χ3n) is 5.64. The van der Waals surface area contributed by atoms with Gasteiger partial charge in [-0.3, -0.25) is 9.59 Å². The zero-order valence-corrected chi connectivity index (χ0v) is 17.6. The number of benzene rings is 1. The van der Waals surface area contributed by atoms with Crippen molar-refractivity contribution in [1.29, 1.82) is 0 Å². The summed E-state index contributed by atoms with van der Waals surface area (Å²) in [6.45, 7) is 7.17. The molecule has 0 aliphatic carbocycles. The zero-order chi connectivity index (χ0) is 20.9. The molecule has 0 saturated carbocycles. The van der Waals surface area contributed by atoms with Gasteiger partial charge in [-0.15, -0.1) is 0 Å². The van der Waals surface area contributed by atoms with Gasteiger partial charge in [-0.1, -0.05) is 36.3 Å². The Labute approximate surface area is 172 Å². The van der Waals surface area contributed by atoms with Gasteiger partial charge in [-0.2, -0.15) is 0 Å². The fraction of sp³-hybridized carbons (Fsp3) is 0.522. The quantitative estimate of drug-likeness (QED) is 0.660. The lowest BCUT2D eigenvalue weighted by molar-refractivity contribution is -0.158. The van der Waals surface area contributed by atoms with E-state index in [-0.39, 0.29) is 11.9 Å². The molecule has 1 saturated heterocycles. The number of piperidine rings is 1. The molecule has 29 heavy (non-hydrogen) atoms. The average molecular weight is 399 g/mol. The first-order chi connectivity index (χ1) is 14.0. The second-order valence-corrected chi connectivity index (χ2v) is 7.86. The van der Waals surface area contributed by atoms with E-state index in [1.807, 2.05) is 45.0 Å². The highest BCUT2D eigenvalue weighted by atomic mass is 16.5. The van der Waals surface area contributed by atoms with Crippen molar-refractivity contribution in [3.05, 3.63) is 52.9 Å². The van der Waals surface area contributed by atoms with Gasteiger partial charge in [-0.05, 0) is 50.7 Å². The SMILES string of the molecule is CCCc1cc(C(=O)N2CCC[C@](Cc3ccccc3C)(C(=O)OCC)C2)no1. The molecule has 3 rings (SSSR count). The van der Waals surface area contributed by atoms with E-state index in [0.717, 1.165) is 30.4 Å². The Hall–Kier alpha value is -2.63. The minimum atomic E-state index is -0.744. The monoisotopic (exact) mass is 398 g/mol. The molecule has 156 valence electrons. The molecule has 2 aromatic rings. The number of esters is 1. The third-order valence-corrected chi connectivity index (χ3v) is 5.64. The lowest BCUT2D eigenvalue weighted by Gasteiger charge is -2.41. The van der Waals surface area contributed by atoms with E-state index in [1.165, 1.54) is 0 Å². The van der Waals surface area contributed by atoms with Gasteiger partial charge in [0.05, 0.1) is 12.0 Å². The summed E-state index contributed by atoms with van der Waals surface area (Å²) in [5, 5.41) is 3.95. The molecule has 1 amide bonds. The first kappa shape index (κ1) is 21.1. The van der Waals surface area contributed by atoms with Crippen molar-refractivity contribution < 1.29 is 18.8 Å². The Balaban J connectivity index is 1.85. The van der Waals surface area contributed by atoms with Crippen molar-refractivity contribution in [1.82, 2.24) is 10.1 Å². The van der Waals surface area contributed by atoms with Crippen LogP contribution in [0.25, 0.3) is 0 Å². The van der Waals surface area contributed by atoms with Crippen LogP contribution < -0.4 is 0 Å². The topological polar surface area (TPSA) is 72.6 Å². The van der Waals surface area contributed by atoms with Crippen LogP contribution in [0.2, 0.25) is 0 Å². The summed E-state index contributed by atoms with van der Waals surface area (Å²) >= 11 is 0. The molecule has 1 aliphatic rings. The van der Waals surface area contributed by atoms with Crippen LogP contribution in [-0.4, -0.2) is 41.6 Å². The number of hydrogen-bond donors (Lipinski definition) is 0. The standard InChI is InChI=1S/C23H30N2O4/c1-4-9-19-14-20(24-29-19)21(26)25-13-8-12-23(16-25,22(27)28-5-2)15-18-11-7-6-10-17(18)3/h6-7,10-11,14H,4-5,8-9,12-13,15-16H2,1-3H3/t23-/m1/s1. The number of likely N-dealkylation sites (tertiary alicyclic amines) is 1. The largest absolute Gasteiger partial charge is 0.466 e. The number of ether oxygens (including phenoxy) is 1. The second kappa shape index (κ2) is 9.25. The van der Waals surface area contributed by atoms with Crippen molar-refractivity contribution >= 4 is 11.9 Å². The highest BCUT2D eigenvalue weighted by Crippen LogP contribution is 2.36. The van der Waals surface area contributed by atoms with Crippen LogP contribution in [0.15, 0.2) is 34.9 Å². The summed E-state index contributed by atoms with van der Waals surface area (Å²) in [4.78, 5) is 27.8. The van der Waals surface area contributed by atoms with Crippen LogP contribution in [-0.2, 0) is 22.4 Å². The molecule has 1 aromatic heterocycles. The molecule has 0 N–H and O–H groups in total. The molecule has 6 nitrogen and oxygen atoms in total. The Kier molecular flexibility index (Phi) is 6.72. The van der Waals surface area contributed by atoms with Crippen molar-refractivity contribution in [3.63, 3.8) is 0 Å². The lowest BCUT2D eigenvalue weighted by atomic mass is 9.74. The van der Waals surface area contributed by atoms with Gasteiger partial charge in [0.2, 0.25) is 0 Å². The van der Waals surface area contributed by atoms with Crippen molar-refractivity contribution in [2.24, 2.45) is 5.41 Å². The highest BCUT2D eigenvalue weighted by Gasteiger charge is 2.45. The zero-order valence-electron chi connectivity index (χ0n) is 17.6. The van der Waals surface area contributed by atoms with Crippen molar-refractivity contribution in [2.45, 2.75) is 52.9 Å². The molecule has 1 fully saturated rings. The van der Waals surface area contributed by atoms with E-state index in [4.69, 9.17) is 9.26 Å². The van der Waals surface area contributed by atoms with Crippen LogP contribution in [0, 0.1) is 12.3 Å². The van der Waals surface area contributed by atoms with Crippen LogP contribution in [0.1, 0.15) is 60.5 Å². The van der Waals surface area contributed by atoms with Crippen LogP contribution in [0.3, 0.4) is 0 Å². The predicted octanol–water partition coefficient (Wildman–Crippen LogP) is 3.96. The van der Waals surface area contributed by atoms with E-state index in [2.05, 4.69) is 5.16 Å². The molecular formula is C23H30N2O4. The average Bonchev–Trinajstić information content (AvgIpc) is 3.18. The van der Waals surface area contributed by atoms with Gasteiger partial charge in [0, 0.05) is 25.6 Å². The van der Waals surface area contributed by atoms with Crippen molar-refractivity contribution in [3.8, 4) is 0 Å². The van der Waals surface area contributed by atoms with Gasteiger partial charge in [0.25, 0.3) is 5.91 Å². The maximum atomic E-state index is 13.1. The number of aromatic nitrogens is 1. The molecule has 1 aliphatic heterocycles. The minimum Gasteiger partial charge on any atom is -0.466 e. The maximum absolute atomic E-state index is 13.1. The van der Waals surface area contributed by atoms with Gasteiger partial charge in [0.15, 0.2) is 5.69 Å². The maximum Gasteiger partial charge on any atom is 0.314 e. The van der Waals surface area contributed by atoms with E-state index in [1.54, 1.807) is 11.0 Å². The molecule has 0 unspecified atom stereocenters. The molecule has 0 radical (unpaired) electrons. The third kappa shape index (κ3) is 4.69. The fourth-order valence-corrected chi connectivity index (χ4v) is 4.09. The Morgan fingerprint density at radius 2 is 2.07 bits per heavy atom. The van der Waals surface area contributed by atoms with E-state index >= 15 is 0 Å². The van der Waals surface area contributed by atoms with Gasteiger partial charge >= 0.3 is 5.97 Å². The second-order valence-electron chi connectivity index (χ2n) is 7.86. The van der Waals surface area contributed by atoms with Gasteiger partial charge in [-0.25, -0.2) is 0 Å². The summed E-state index contributed by atoms with van der Waals surface area (Å²) in [6, 6.07) is 9.78. The Morgan fingerprint density at radius 3 is 2.79 bits per heavy atom. The van der Waals surface area contributed by atoms with E-state index < -0.39 is 5.41 Å². The number of aryl methyl sites for hydroxylation is 2. The molecule has 1 aromatic carbocycles.